The Bertz CT molecular complexity index is 921. The summed E-state index contributed by atoms with van der Waals surface area (Å²) < 4.78 is 20.1. The number of aryl methyl sites for hydroxylation is 3. The second-order valence-corrected chi connectivity index (χ2v) is 10.4. The van der Waals surface area contributed by atoms with Crippen molar-refractivity contribution in [1.82, 2.24) is 14.1 Å². The summed E-state index contributed by atoms with van der Waals surface area (Å²) in [6, 6.07) is 12.3. The molecule has 0 radical (unpaired) electrons. The predicted octanol–water partition coefficient (Wildman–Crippen LogP) is 3.81. The van der Waals surface area contributed by atoms with Gasteiger partial charge in [-0.05, 0) is 81.7 Å². The molecule has 0 spiro atoms. The number of hydrogen-bond acceptors (Lipinski definition) is 4. The Morgan fingerprint density at radius 3 is 2.06 bits per heavy atom. The summed E-state index contributed by atoms with van der Waals surface area (Å²) >= 11 is 0. The smallest absolute Gasteiger partial charge is 0.223 e. The lowest BCUT2D eigenvalue weighted by Gasteiger charge is -2.21. The molecule has 0 saturated carbocycles. The van der Waals surface area contributed by atoms with Crippen LogP contribution in [0.3, 0.4) is 0 Å². The largest absolute Gasteiger partial charge is 0.497 e. The van der Waals surface area contributed by atoms with Gasteiger partial charge >= 0.3 is 0 Å². The van der Waals surface area contributed by atoms with Crippen LogP contribution in [-0.4, -0.2) is 72.6 Å². The lowest BCUT2D eigenvalue weighted by atomic mass is 10.1. The van der Waals surface area contributed by atoms with Crippen LogP contribution >= 0.6 is 0 Å². The zero-order valence-corrected chi connectivity index (χ0v) is 22.0. The molecule has 0 aliphatic rings. The van der Waals surface area contributed by atoms with Crippen LogP contribution in [0.2, 0.25) is 0 Å². The van der Waals surface area contributed by atoms with Crippen molar-refractivity contribution >= 4 is 16.9 Å². The number of benzene rings is 2. The Balaban J connectivity index is 1.86. The average Bonchev–Trinajstić information content (AvgIpc) is 2.77. The van der Waals surface area contributed by atoms with Crippen LogP contribution < -0.4 is 4.74 Å². The third-order valence-corrected chi connectivity index (χ3v) is 7.45. The van der Waals surface area contributed by atoms with Crippen molar-refractivity contribution in [3.8, 4) is 5.75 Å². The van der Waals surface area contributed by atoms with E-state index in [0.29, 0.717) is 19.5 Å². The minimum Gasteiger partial charge on any atom is -0.497 e. The monoisotopic (exact) mass is 473 g/mol. The molecule has 0 heterocycles. The molecule has 2 aromatic carbocycles. The van der Waals surface area contributed by atoms with E-state index in [1.807, 2.05) is 33.0 Å². The zero-order valence-electron chi connectivity index (χ0n) is 21.2. The Labute approximate surface area is 202 Å². The molecule has 33 heavy (non-hydrogen) atoms. The summed E-state index contributed by atoms with van der Waals surface area (Å²) in [5.41, 5.74) is 4.28. The fourth-order valence-electron chi connectivity index (χ4n) is 3.76. The lowest BCUT2D eigenvalue weighted by molar-refractivity contribution is -0.130. The van der Waals surface area contributed by atoms with Gasteiger partial charge in [0, 0.05) is 33.6 Å². The summed E-state index contributed by atoms with van der Waals surface area (Å²) in [6.45, 7) is 5.94. The van der Waals surface area contributed by atoms with E-state index < -0.39 is 11.0 Å². The Morgan fingerprint density at radius 1 is 0.939 bits per heavy atom. The zero-order chi connectivity index (χ0) is 24.5. The highest BCUT2D eigenvalue weighted by Crippen LogP contribution is 2.25. The summed E-state index contributed by atoms with van der Waals surface area (Å²) in [6.07, 6.45) is 2.51. The van der Waals surface area contributed by atoms with Crippen LogP contribution in [0, 0.1) is 13.8 Å². The Kier molecular flexibility index (Phi) is 10.5. The number of methoxy groups -OCH3 is 1. The minimum atomic E-state index is -1.33. The van der Waals surface area contributed by atoms with Crippen molar-refractivity contribution < 1.29 is 13.7 Å². The summed E-state index contributed by atoms with van der Waals surface area (Å²) in [5.74, 6) is 0.795. The molecule has 0 fully saturated rings. The van der Waals surface area contributed by atoms with Crippen molar-refractivity contribution in [2.45, 2.75) is 44.6 Å². The molecule has 2 aromatic rings. The van der Waals surface area contributed by atoms with Crippen LogP contribution in [0.1, 0.15) is 35.1 Å². The summed E-state index contributed by atoms with van der Waals surface area (Å²) in [7, 11) is 8.09. The Hall–Kier alpha value is -2.22. The first-order valence-corrected chi connectivity index (χ1v) is 12.5. The molecule has 182 valence electrons. The molecule has 1 unspecified atom stereocenters. The van der Waals surface area contributed by atoms with E-state index >= 15 is 0 Å². The highest BCUT2D eigenvalue weighted by molar-refractivity contribution is 7.82. The highest BCUT2D eigenvalue weighted by Gasteiger charge is 2.19. The molecule has 0 saturated heterocycles. The van der Waals surface area contributed by atoms with Gasteiger partial charge in [0.2, 0.25) is 5.91 Å². The number of carbonyl (C=O) groups excluding carboxylic acids is 1. The normalized spacial score (nSPS) is 12.3. The van der Waals surface area contributed by atoms with Gasteiger partial charge in [-0.25, -0.2) is 8.51 Å². The first-order chi connectivity index (χ1) is 15.6. The number of ether oxygens (including phenoxy) is 1. The van der Waals surface area contributed by atoms with Gasteiger partial charge in [0.05, 0.1) is 12.0 Å². The second-order valence-electron chi connectivity index (χ2n) is 8.91. The van der Waals surface area contributed by atoms with Gasteiger partial charge < -0.3 is 14.5 Å². The maximum atomic E-state index is 13.1. The van der Waals surface area contributed by atoms with E-state index in [1.165, 1.54) is 5.56 Å². The number of carbonyl (C=O) groups is 1. The quantitative estimate of drug-likeness (QED) is 0.470. The second kappa shape index (κ2) is 12.9. The van der Waals surface area contributed by atoms with Crippen LogP contribution in [-0.2, 0) is 28.7 Å². The number of rotatable bonds is 12. The van der Waals surface area contributed by atoms with Crippen molar-refractivity contribution in [2.24, 2.45) is 0 Å². The molecular formula is C26H39N3O3S. The predicted molar refractivity (Wildman–Crippen MR) is 136 cm³/mol. The Morgan fingerprint density at radius 2 is 1.52 bits per heavy atom. The first kappa shape index (κ1) is 27.0. The molecule has 6 nitrogen and oxygen atoms in total. The maximum absolute atomic E-state index is 13.1. The number of hydrogen-bond donors (Lipinski definition) is 0. The van der Waals surface area contributed by atoms with Crippen molar-refractivity contribution in [2.75, 3.05) is 48.4 Å². The highest BCUT2D eigenvalue weighted by atomic mass is 32.2. The standard InChI is InChI=1S/C26H39N3O3S/c1-20-17-24(32-7)18-21(2)26(20)33(31)29(6)16-14-25(30)28(5)19-23-12-10-22(11-13-23)9-8-15-27(3)4/h10-13,17-18H,8-9,14-16,19H2,1-7H3. The fraction of sp³-hybridized carbons (Fsp3) is 0.500. The van der Waals surface area contributed by atoms with E-state index in [2.05, 4.69) is 43.3 Å². The topological polar surface area (TPSA) is 53.1 Å². The number of nitrogens with zero attached hydrogens (tertiary/aromatic N) is 3. The first-order valence-electron chi connectivity index (χ1n) is 11.4. The molecule has 0 aliphatic carbocycles. The van der Waals surface area contributed by atoms with E-state index in [0.717, 1.165) is 46.7 Å². The lowest BCUT2D eigenvalue weighted by Crippen LogP contribution is -2.31. The van der Waals surface area contributed by atoms with E-state index in [1.54, 1.807) is 23.4 Å². The average molecular weight is 474 g/mol. The van der Waals surface area contributed by atoms with Crippen LogP contribution in [0.15, 0.2) is 41.3 Å². The van der Waals surface area contributed by atoms with Gasteiger partial charge in [0.25, 0.3) is 0 Å². The summed E-state index contributed by atoms with van der Waals surface area (Å²) in [4.78, 5) is 17.4. The van der Waals surface area contributed by atoms with Gasteiger partial charge in [0.1, 0.15) is 16.7 Å². The molecular weight excluding hydrogens is 434 g/mol. The molecule has 0 bridgehead atoms. The molecule has 2 rings (SSSR count). The van der Waals surface area contributed by atoms with Gasteiger partial charge in [0.15, 0.2) is 0 Å². The van der Waals surface area contributed by atoms with Crippen molar-refractivity contribution in [1.29, 1.82) is 0 Å². The molecule has 1 amide bonds. The third-order valence-electron chi connectivity index (χ3n) is 5.71. The third kappa shape index (κ3) is 8.25. The molecule has 0 N–H and O–H groups in total. The molecule has 7 heteroatoms. The minimum absolute atomic E-state index is 0.0390. The van der Waals surface area contributed by atoms with Crippen molar-refractivity contribution in [3.63, 3.8) is 0 Å². The van der Waals surface area contributed by atoms with Crippen LogP contribution in [0.25, 0.3) is 0 Å². The molecule has 0 aliphatic heterocycles. The molecule has 1 atom stereocenters. The molecule has 0 aromatic heterocycles. The van der Waals surface area contributed by atoms with E-state index in [-0.39, 0.29) is 5.91 Å². The maximum Gasteiger partial charge on any atom is 0.223 e. The fourth-order valence-corrected chi connectivity index (χ4v) is 5.00. The van der Waals surface area contributed by atoms with E-state index in [9.17, 15) is 9.00 Å². The van der Waals surface area contributed by atoms with Gasteiger partial charge in [-0.3, -0.25) is 4.79 Å². The van der Waals surface area contributed by atoms with Gasteiger partial charge in [-0.1, -0.05) is 24.3 Å². The number of amides is 1. The van der Waals surface area contributed by atoms with Crippen molar-refractivity contribution in [3.05, 3.63) is 58.7 Å². The van der Waals surface area contributed by atoms with Crippen LogP contribution in [0.4, 0.5) is 0 Å². The van der Waals surface area contributed by atoms with Gasteiger partial charge in [-0.2, -0.15) is 0 Å². The SMILES string of the molecule is COc1cc(C)c(S(=O)N(C)CCC(=O)N(C)Cc2ccc(CCCN(C)C)cc2)c(C)c1. The van der Waals surface area contributed by atoms with Gasteiger partial charge in [-0.15, -0.1) is 0 Å². The van der Waals surface area contributed by atoms with Crippen LogP contribution in [0.5, 0.6) is 5.75 Å². The van der Waals surface area contributed by atoms with E-state index in [4.69, 9.17) is 4.74 Å². The summed E-state index contributed by atoms with van der Waals surface area (Å²) in [5, 5.41) is 0.